The zero-order chi connectivity index (χ0) is 13.1. The van der Waals surface area contributed by atoms with E-state index in [1.807, 2.05) is 25.1 Å². The van der Waals surface area contributed by atoms with E-state index in [1.54, 1.807) is 12.3 Å². The summed E-state index contributed by atoms with van der Waals surface area (Å²) in [6, 6.07) is 7.45. The summed E-state index contributed by atoms with van der Waals surface area (Å²) in [7, 11) is 0. The molecule has 0 unspecified atom stereocenters. The molecular formula is C13H10BrCl2NO. The monoisotopic (exact) mass is 345 g/mol. The highest BCUT2D eigenvalue weighted by molar-refractivity contribution is 9.10. The van der Waals surface area contributed by atoms with E-state index >= 15 is 0 Å². The van der Waals surface area contributed by atoms with Gasteiger partial charge < -0.3 is 4.74 Å². The molecule has 0 saturated carbocycles. The lowest BCUT2D eigenvalue weighted by atomic mass is 10.2. The second-order valence-electron chi connectivity index (χ2n) is 3.80. The number of hydrogen-bond acceptors (Lipinski definition) is 2. The van der Waals surface area contributed by atoms with Gasteiger partial charge in [0.1, 0.15) is 17.5 Å². The number of ether oxygens (including phenoxy) is 1. The first-order valence-corrected chi connectivity index (χ1v) is 6.80. The Morgan fingerprint density at radius 1 is 1.28 bits per heavy atom. The van der Waals surface area contributed by atoms with Crippen LogP contribution in [-0.2, 0) is 6.61 Å². The molecule has 1 aromatic heterocycles. The SMILES string of the molecule is Cc1cc(Br)ccc1OCc1cnc(Cl)cc1Cl. The number of halogens is 3. The van der Waals surface area contributed by atoms with Crippen molar-refractivity contribution in [2.75, 3.05) is 0 Å². The Morgan fingerprint density at radius 3 is 2.72 bits per heavy atom. The van der Waals surface area contributed by atoms with Crippen LogP contribution >= 0.6 is 39.1 Å². The second-order valence-corrected chi connectivity index (χ2v) is 5.51. The molecule has 0 aliphatic heterocycles. The van der Waals surface area contributed by atoms with Gasteiger partial charge in [0.05, 0.1) is 5.02 Å². The van der Waals surface area contributed by atoms with Crippen LogP contribution in [0.4, 0.5) is 0 Å². The lowest BCUT2D eigenvalue weighted by Gasteiger charge is -2.10. The quantitative estimate of drug-likeness (QED) is 0.726. The predicted octanol–water partition coefficient (Wildman–Crippen LogP) is 5.04. The Balaban J connectivity index is 2.11. The average molecular weight is 347 g/mol. The van der Waals surface area contributed by atoms with Crippen LogP contribution in [0.1, 0.15) is 11.1 Å². The molecule has 0 bridgehead atoms. The van der Waals surface area contributed by atoms with Gasteiger partial charge in [0.15, 0.2) is 0 Å². The number of benzene rings is 1. The lowest BCUT2D eigenvalue weighted by Crippen LogP contribution is -1.98. The summed E-state index contributed by atoms with van der Waals surface area (Å²) in [6.07, 6.45) is 1.62. The Labute approximate surface area is 124 Å². The molecule has 0 fully saturated rings. The van der Waals surface area contributed by atoms with Crippen molar-refractivity contribution in [2.45, 2.75) is 13.5 Å². The van der Waals surface area contributed by atoms with Crippen LogP contribution in [0.2, 0.25) is 10.2 Å². The number of pyridine rings is 1. The first-order valence-electron chi connectivity index (χ1n) is 5.25. The Kier molecular flexibility index (Phi) is 4.49. The maximum absolute atomic E-state index is 6.05. The van der Waals surface area contributed by atoms with Gasteiger partial charge in [-0.05, 0) is 36.8 Å². The third-order valence-electron chi connectivity index (χ3n) is 2.42. The molecule has 94 valence electrons. The molecule has 5 heteroatoms. The molecule has 0 spiro atoms. The Hall–Kier alpha value is -0.770. The van der Waals surface area contributed by atoms with Gasteiger partial charge >= 0.3 is 0 Å². The van der Waals surface area contributed by atoms with Gasteiger partial charge in [-0.1, -0.05) is 39.1 Å². The van der Waals surface area contributed by atoms with Crippen molar-refractivity contribution in [2.24, 2.45) is 0 Å². The number of aromatic nitrogens is 1. The number of hydrogen-bond donors (Lipinski definition) is 0. The van der Waals surface area contributed by atoms with Gasteiger partial charge in [0.2, 0.25) is 0 Å². The summed E-state index contributed by atoms with van der Waals surface area (Å²) in [5, 5.41) is 0.938. The van der Waals surface area contributed by atoms with Crippen molar-refractivity contribution in [1.82, 2.24) is 4.98 Å². The van der Waals surface area contributed by atoms with E-state index in [4.69, 9.17) is 27.9 Å². The fourth-order valence-corrected chi connectivity index (χ4v) is 2.37. The minimum Gasteiger partial charge on any atom is -0.489 e. The smallest absolute Gasteiger partial charge is 0.130 e. The topological polar surface area (TPSA) is 22.1 Å². The van der Waals surface area contributed by atoms with Crippen molar-refractivity contribution in [1.29, 1.82) is 0 Å². The van der Waals surface area contributed by atoms with Crippen LogP contribution in [-0.4, -0.2) is 4.98 Å². The van der Waals surface area contributed by atoms with Crippen molar-refractivity contribution in [3.8, 4) is 5.75 Å². The van der Waals surface area contributed by atoms with Gasteiger partial charge in [0, 0.05) is 16.2 Å². The molecule has 0 amide bonds. The molecule has 2 rings (SSSR count). The first-order chi connectivity index (χ1) is 8.56. The number of rotatable bonds is 3. The van der Waals surface area contributed by atoms with Crippen LogP contribution in [0, 0.1) is 6.92 Å². The molecule has 0 aliphatic carbocycles. The summed E-state index contributed by atoms with van der Waals surface area (Å²) in [5.41, 5.74) is 1.87. The van der Waals surface area contributed by atoms with Crippen LogP contribution in [0.5, 0.6) is 5.75 Å². The Morgan fingerprint density at radius 2 is 2.06 bits per heavy atom. The van der Waals surface area contributed by atoms with E-state index in [2.05, 4.69) is 20.9 Å². The van der Waals surface area contributed by atoms with Crippen LogP contribution < -0.4 is 4.74 Å². The summed E-state index contributed by atoms with van der Waals surface area (Å²) in [6.45, 7) is 2.35. The third kappa shape index (κ3) is 3.37. The summed E-state index contributed by atoms with van der Waals surface area (Å²) in [5.74, 6) is 0.823. The minimum atomic E-state index is 0.367. The summed E-state index contributed by atoms with van der Waals surface area (Å²) >= 11 is 15.2. The molecule has 18 heavy (non-hydrogen) atoms. The van der Waals surface area contributed by atoms with E-state index in [0.29, 0.717) is 16.8 Å². The van der Waals surface area contributed by atoms with Crippen molar-refractivity contribution in [3.63, 3.8) is 0 Å². The molecule has 0 saturated heterocycles. The summed E-state index contributed by atoms with van der Waals surface area (Å²) in [4.78, 5) is 3.98. The van der Waals surface area contributed by atoms with Crippen LogP contribution in [0.3, 0.4) is 0 Å². The molecule has 0 atom stereocenters. The van der Waals surface area contributed by atoms with E-state index < -0.39 is 0 Å². The zero-order valence-electron chi connectivity index (χ0n) is 9.58. The van der Waals surface area contributed by atoms with Gasteiger partial charge in [-0.25, -0.2) is 4.98 Å². The van der Waals surface area contributed by atoms with Gasteiger partial charge in [-0.3, -0.25) is 0 Å². The molecule has 2 aromatic rings. The van der Waals surface area contributed by atoms with E-state index in [0.717, 1.165) is 21.3 Å². The molecule has 0 N–H and O–H groups in total. The largest absolute Gasteiger partial charge is 0.489 e. The van der Waals surface area contributed by atoms with Crippen LogP contribution in [0.25, 0.3) is 0 Å². The van der Waals surface area contributed by atoms with Crippen molar-refractivity contribution >= 4 is 39.1 Å². The van der Waals surface area contributed by atoms with Crippen LogP contribution in [0.15, 0.2) is 34.9 Å². The number of nitrogens with zero attached hydrogens (tertiary/aromatic N) is 1. The standard InChI is InChI=1S/C13H10BrCl2NO/c1-8-4-10(14)2-3-12(8)18-7-9-6-17-13(16)5-11(9)15/h2-6H,7H2,1H3. The molecule has 2 nitrogen and oxygen atoms in total. The zero-order valence-corrected chi connectivity index (χ0v) is 12.7. The fourth-order valence-electron chi connectivity index (χ4n) is 1.47. The average Bonchev–Trinajstić information content (AvgIpc) is 2.30. The third-order valence-corrected chi connectivity index (χ3v) is 3.47. The summed E-state index contributed by atoms with van der Waals surface area (Å²) < 4.78 is 6.74. The van der Waals surface area contributed by atoms with Crippen molar-refractivity contribution < 1.29 is 4.74 Å². The predicted molar refractivity (Wildman–Crippen MR) is 77.5 cm³/mol. The van der Waals surface area contributed by atoms with Gasteiger partial charge in [-0.15, -0.1) is 0 Å². The van der Waals surface area contributed by atoms with E-state index in [1.165, 1.54) is 0 Å². The molecule has 0 radical (unpaired) electrons. The molecule has 1 heterocycles. The van der Waals surface area contributed by atoms with Gasteiger partial charge in [-0.2, -0.15) is 0 Å². The highest BCUT2D eigenvalue weighted by atomic mass is 79.9. The maximum atomic E-state index is 6.05. The molecular weight excluding hydrogens is 337 g/mol. The normalized spacial score (nSPS) is 10.4. The first kappa shape index (κ1) is 13.7. The van der Waals surface area contributed by atoms with E-state index in [9.17, 15) is 0 Å². The van der Waals surface area contributed by atoms with Gasteiger partial charge in [0.25, 0.3) is 0 Å². The molecule has 1 aromatic carbocycles. The fraction of sp³-hybridized carbons (Fsp3) is 0.154. The van der Waals surface area contributed by atoms with E-state index in [-0.39, 0.29) is 0 Å². The Bertz CT molecular complexity index is 523. The second kappa shape index (κ2) is 5.91. The highest BCUT2D eigenvalue weighted by Gasteiger charge is 2.05. The van der Waals surface area contributed by atoms with Crippen molar-refractivity contribution in [3.05, 3.63) is 56.2 Å². The maximum Gasteiger partial charge on any atom is 0.130 e. The minimum absolute atomic E-state index is 0.367. The molecule has 0 aliphatic rings. The number of aryl methyl sites for hydroxylation is 1. The lowest BCUT2D eigenvalue weighted by molar-refractivity contribution is 0.303. The highest BCUT2D eigenvalue weighted by Crippen LogP contribution is 2.25.